The minimum atomic E-state index is 0.0542. The number of hydrogen-bond donors (Lipinski definition) is 1. The molecule has 0 aromatic heterocycles. The normalized spacial score (nSPS) is 19.3. The van der Waals surface area contributed by atoms with E-state index < -0.39 is 0 Å². The van der Waals surface area contributed by atoms with E-state index >= 15 is 0 Å². The van der Waals surface area contributed by atoms with E-state index in [1.165, 1.54) is 0 Å². The van der Waals surface area contributed by atoms with Crippen LogP contribution in [0.3, 0.4) is 0 Å². The van der Waals surface area contributed by atoms with Crippen molar-refractivity contribution in [3.05, 3.63) is 42.0 Å². The molecule has 2 fully saturated rings. The van der Waals surface area contributed by atoms with Gasteiger partial charge in [-0.05, 0) is 30.4 Å². The van der Waals surface area contributed by atoms with E-state index in [0.29, 0.717) is 38.0 Å². The molecule has 1 aliphatic carbocycles. The molecule has 2 aromatic rings. The Kier molecular flexibility index (Phi) is 6.64. The summed E-state index contributed by atoms with van der Waals surface area (Å²) in [6.07, 6.45) is 3.00. The van der Waals surface area contributed by atoms with Crippen molar-refractivity contribution in [3.8, 4) is 5.75 Å². The molecule has 1 heterocycles. The molecular formula is C23H30N2O4. The fraction of sp³-hybridized carbons (Fsp3) is 0.522. The van der Waals surface area contributed by atoms with Gasteiger partial charge in [0.1, 0.15) is 5.75 Å². The minimum Gasteiger partial charge on any atom is -0.493 e. The molecule has 2 aromatic carbocycles. The Hall–Kier alpha value is -2.15. The van der Waals surface area contributed by atoms with E-state index in [1.54, 1.807) is 7.11 Å². The number of morpholine rings is 1. The van der Waals surface area contributed by atoms with Crippen LogP contribution in [0.15, 0.2) is 36.4 Å². The number of carbonyl (C=O) groups excluding carboxylic acids is 1. The summed E-state index contributed by atoms with van der Waals surface area (Å²) in [5.41, 5.74) is 0.682. The molecule has 6 heteroatoms. The number of ether oxygens (including phenoxy) is 3. The number of amides is 1. The molecule has 0 bridgehead atoms. The van der Waals surface area contributed by atoms with Crippen molar-refractivity contribution < 1.29 is 19.0 Å². The number of benzene rings is 2. The maximum absolute atomic E-state index is 13.4. The van der Waals surface area contributed by atoms with Gasteiger partial charge in [0.2, 0.25) is 0 Å². The lowest BCUT2D eigenvalue weighted by Gasteiger charge is -2.30. The van der Waals surface area contributed by atoms with Gasteiger partial charge in [0.15, 0.2) is 0 Å². The van der Waals surface area contributed by atoms with E-state index in [-0.39, 0.29) is 12.0 Å². The molecular weight excluding hydrogens is 368 g/mol. The van der Waals surface area contributed by atoms with Crippen LogP contribution in [0.25, 0.3) is 10.8 Å². The molecule has 6 nitrogen and oxygen atoms in total. The fourth-order valence-electron chi connectivity index (χ4n) is 3.81. The second-order valence-electron chi connectivity index (χ2n) is 7.78. The second-order valence-corrected chi connectivity index (χ2v) is 7.78. The monoisotopic (exact) mass is 398 g/mol. The van der Waals surface area contributed by atoms with Crippen molar-refractivity contribution in [2.24, 2.45) is 0 Å². The van der Waals surface area contributed by atoms with E-state index in [2.05, 4.69) is 5.32 Å². The van der Waals surface area contributed by atoms with Gasteiger partial charge in [0, 0.05) is 56.8 Å². The highest BCUT2D eigenvalue weighted by Gasteiger charge is 2.35. The summed E-state index contributed by atoms with van der Waals surface area (Å²) in [4.78, 5) is 15.4. The SMILES string of the molecule is COCCCOc1cc(C(=O)N(C[C@H]2CNCCO2)C2CC2)cc2ccccc12. The van der Waals surface area contributed by atoms with Gasteiger partial charge in [-0.2, -0.15) is 0 Å². The fourth-order valence-corrected chi connectivity index (χ4v) is 3.81. The molecule has 0 radical (unpaired) electrons. The van der Waals surface area contributed by atoms with Gasteiger partial charge in [-0.25, -0.2) is 0 Å². The van der Waals surface area contributed by atoms with Crippen LogP contribution < -0.4 is 10.1 Å². The average Bonchev–Trinajstić information content (AvgIpc) is 3.60. The van der Waals surface area contributed by atoms with E-state index in [9.17, 15) is 4.79 Å². The highest BCUT2D eigenvalue weighted by atomic mass is 16.5. The molecule has 2 aliphatic rings. The van der Waals surface area contributed by atoms with Crippen molar-refractivity contribution >= 4 is 16.7 Å². The Balaban J connectivity index is 1.56. The molecule has 1 saturated carbocycles. The number of rotatable bonds is 9. The Labute approximate surface area is 172 Å². The van der Waals surface area contributed by atoms with Crippen LogP contribution >= 0.6 is 0 Å². The van der Waals surface area contributed by atoms with Crippen LogP contribution in [-0.4, -0.2) is 69.5 Å². The Morgan fingerprint density at radius 2 is 2.10 bits per heavy atom. The first-order valence-electron chi connectivity index (χ1n) is 10.5. The summed E-state index contributed by atoms with van der Waals surface area (Å²) < 4.78 is 17.0. The van der Waals surface area contributed by atoms with Crippen molar-refractivity contribution in [2.45, 2.75) is 31.4 Å². The summed E-state index contributed by atoms with van der Waals surface area (Å²) in [5, 5.41) is 5.40. The highest BCUT2D eigenvalue weighted by molar-refractivity contribution is 6.01. The molecule has 1 saturated heterocycles. The first-order valence-corrected chi connectivity index (χ1v) is 10.5. The van der Waals surface area contributed by atoms with Crippen LogP contribution in [0.1, 0.15) is 29.6 Å². The largest absolute Gasteiger partial charge is 0.493 e. The summed E-state index contributed by atoms with van der Waals surface area (Å²) in [7, 11) is 1.69. The lowest BCUT2D eigenvalue weighted by atomic mass is 10.0. The molecule has 29 heavy (non-hydrogen) atoms. The zero-order chi connectivity index (χ0) is 20.1. The number of hydrogen-bond acceptors (Lipinski definition) is 5. The predicted molar refractivity (Wildman–Crippen MR) is 113 cm³/mol. The van der Waals surface area contributed by atoms with E-state index in [1.807, 2.05) is 41.3 Å². The second kappa shape index (κ2) is 9.57. The number of carbonyl (C=O) groups is 1. The number of nitrogens with zero attached hydrogens (tertiary/aromatic N) is 1. The van der Waals surface area contributed by atoms with Gasteiger partial charge in [0.05, 0.1) is 19.3 Å². The van der Waals surface area contributed by atoms with Crippen LogP contribution in [-0.2, 0) is 9.47 Å². The minimum absolute atomic E-state index is 0.0542. The summed E-state index contributed by atoms with van der Waals surface area (Å²) in [5.74, 6) is 0.822. The molecule has 4 rings (SSSR count). The van der Waals surface area contributed by atoms with Crippen LogP contribution in [0.4, 0.5) is 0 Å². The Morgan fingerprint density at radius 3 is 2.86 bits per heavy atom. The predicted octanol–water partition coefficient (Wildman–Crippen LogP) is 2.85. The smallest absolute Gasteiger partial charge is 0.254 e. The van der Waals surface area contributed by atoms with Gasteiger partial charge in [-0.1, -0.05) is 24.3 Å². The summed E-state index contributed by atoms with van der Waals surface area (Å²) in [6.45, 7) is 4.22. The zero-order valence-corrected chi connectivity index (χ0v) is 17.1. The number of methoxy groups -OCH3 is 1. The van der Waals surface area contributed by atoms with Gasteiger partial charge in [0.25, 0.3) is 5.91 Å². The van der Waals surface area contributed by atoms with Crippen molar-refractivity contribution in [2.75, 3.05) is 46.6 Å². The van der Waals surface area contributed by atoms with Gasteiger partial charge in [-0.3, -0.25) is 4.79 Å². The van der Waals surface area contributed by atoms with E-state index in [0.717, 1.165) is 48.9 Å². The number of nitrogens with one attached hydrogen (secondary N) is 1. The zero-order valence-electron chi connectivity index (χ0n) is 17.1. The van der Waals surface area contributed by atoms with E-state index in [4.69, 9.17) is 14.2 Å². The lowest BCUT2D eigenvalue weighted by Crippen LogP contribution is -2.47. The third kappa shape index (κ3) is 5.07. The molecule has 1 amide bonds. The van der Waals surface area contributed by atoms with Crippen LogP contribution in [0, 0.1) is 0 Å². The lowest BCUT2D eigenvalue weighted by molar-refractivity contribution is 0.00499. The van der Waals surface area contributed by atoms with Crippen LogP contribution in [0.2, 0.25) is 0 Å². The molecule has 1 aliphatic heterocycles. The molecule has 156 valence electrons. The average molecular weight is 399 g/mol. The standard InChI is InChI=1S/C23H30N2O4/c1-27-10-4-11-29-22-14-18(13-17-5-2-3-6-21(17)22)23(26)25(19-7-8-19)16-20-15-24-9-12-28-20/h2-3,5-6,13-14,19-20,24H,4,7-12,15-16H2,1H3/t20-/m1/s1. The third-order valence-corrected chi connectivity index (χ3v) is 5.47. The third-order valence-electron chi connectivity index (χ3n) is 5.47. The first-order chi connectivity index (χ1) is 14.3. The van der Waals surface area contributed by atoms with Crippen molar-refractivity contribution in [1.82, 2.24) is 10.2 Å². The molecule has 1 N–H and O–H groups in total. The topological polar surface area (TPSA) is 60.0 Å². The van der Waals surface area contributed by atoms with Crippen molar-refractivity contribution in [1.29, 1.82) is 0 Å². The van der Waals surface area contributed by atoms with Crippen molar-refractivity contribution in [3.63, 3.8) is 0 Å². The van der Waals surface area contributed by atoms with Crippen LogP contribution in [0.5, 0.6) is 5.75 Å². The Morgan fingerprint density at radius 1 is 1.24 bits per heavy atom. The molecule has 0 unspecified atom stereocenters. The summed E-state index contributed by atoms with van der Waals surface area (Å²) >= 11 is 0. The summed E-state index contributed by atoms with van der Waals surface area (Å²) in [6, 6.07) is 12.3. The molecule has 0 spiro atoms. The maximum atomic E-state index is 13.4. The number of fused-ring (bicyclic) bond motifs is 1. The highest BCUT2D eigenvalue weighted by Crippen LogP contribution is 2.32. The Bertz CT molecular complexity index is 831. The first kappa shape index (κ1) is 20.1. The van der Waals surface area contributed by atoms with Gasteiger partial charge < -0.3 is 24.4 Å². The molecule has 1 atom stereocenters. The quantitative estimate of drug-likeness (QED) is 0.658. The maximum Gasteiger partial charge on any atom is 0.254 e. The van der Waals surface area contributed by atoms with Gasteiger partial charge in [-0.15, -0.1) is 0 Å². The van der Waals surface area contributed by atoms with Gasteiger partial charge >= 0.3 is 0 Å².